The molecule has 6 heteroatoms. The van der Waals surface area contributed by atoms with Crippen LogP contribution in [-0.4, -0.2) is 31.4 Å². The lowest BCUT2D eigenvalue weighted by Crippen LogP contribution is -2.37. The van der Waals surface area contributed by atoms with Crippen molar-refractivity contribution in [2.24, 2.45) is 0 Å². The maximum Gasteiger partial charge on any atom is 0.245 e. The molecular formula is C15H24N2O2S2. The van der Waals surface area contributed by atoms with Crippen molar-refractivity contribution in [3.8, 4) is 0 Å². The molecule has 0 aliphatic heterocycles. The van der Waals surface area contributed by atoms with Crippen LogP contribution < -0.4 is 5.32 Å². The quantitative estimate of drug-likeness (QED) is 0.747. The first-order chi connectivity index (χ1) is 9.87. The van der Waals surface area contributed by atoms with E-state index in [1.807, 2.05) is 26.2 Å². The number of nitrogens with zero attached hydrogens (tertiary/aromatic N) is 1. The molecule has 0 atom stereocenters. The molecule has 1 saturated carbocycles. The first-order valence-corrected chi connectivity index (χ1v) is 9.63. The Kier molecular flexibility index (Phi) is 5.24. The van der Waals surface area contributed by atoms with E-state index in [1.54, 1.807) is 6.08 Å². The van der Waals surface area contributed by atoms with Crippen LogP contribution in [0.1, 0.15) is 37.1 Å². The number of aryl methyl sites for hydroxylation is 1. The van der Waals surface area contributed by atoms with Crippen LogP contribution in [0.3, 0.4) is 0 Å². The fourth-order valence-corrected chi connectivity index (χ4v) is 5.63. The predicted molar refractivity (Wildman–Crippen MR) is 88.1 cm³/mol. The van der Waals surface area contributed by atoms with Crippen LogP contribution in [-0.2, 0) is 16.6 Å². The van der Waals surface area contributed by atoms with Crippen molar-refractivity contribution < 1.29 is 8.42 Å². The lowest BCUT2D eigenvalue weighted by molar-refractivity contribution is 0.382. The van der Waals surface area contributed by atoms with Crippen LogP contribution >= 0.6 is 11.3 Å². The zero-order chi connectivity index (χ0) is 15.6. The summed E-state index contributed by atoms with van der Waals surface area (Å²) in [4.78, 5) is 1.39. The van der Waals surface area contributed by atoms with Crippen LogP contribution in [0.4, 0.5) is 0 Å². The molecule has 0 amide bonds. The van der Waals surface area contributed by atoms with E-state index in [4.69, 9.17) is 0 Å². The summed E-state index contributed by atoms with van der Waals surface area (Å²) in [6, 6.07) is 0.480. The highest BCUT2D eigenvalue weighted by atomic mass is 32.2. The van der Waals surface area contributed by atoms with Gasteiger partial charge < -0.3 is 5.32 Å². The second kappa shape index (κ2) is 6.60. The molecule has 1 aliphatic rings. The van der Waals surface area contributed by atoms with Gasteiger partial charge in [0.25, 0.3) is 0 Å². The third-order valence-electron chi connectivity index (χ3n) is 3.57. The van der Waals surface area contributed by atoms with E-state index >= 15 is 0 Å². The zero-order valence-electron chi connectivity index (χ0n) is 12.9. The van der Waals surface area contributed by atoms with Gasteiger partial charge in [-0.05, 0) is 44.6 Å². The fourth-order valence-electron chi connectivity index (χ4n) is 2.31. The lowest BCUT2D eigenvalue weighted by Gasteiger charge is -2.25. The Morgan fingerprint density at radius 3 is 2.71 bits per heavy atom. The molecule has 118 valence electrons. The average Bonchev–Trinajstić information content (AvgIpc) is 3.15. The summed E-state index contributed by atoms with van der Waals surface area (Å²) in [7, 11) is -3.48. The van der Waals surface area contributed by atoms with Crippen molar-refractivity contribution in [3.63, 3.8) is 0 Å². The monoisotopic (exact) mass is 328 g/mol. The number of hydrogen-bond acceptors (Lipinski definition) is 4. The van der Waals surface area contributed by atoms with Crippen molar-refractivity contribution in [1.82, 2.24) is 9.62 Å². The molecule has 1 N–H and O–H groups in total. The molecule has 0 spiro atoms. The van der Waals surface area contributed by atoms with E-state index in [9.17, 15) is 8.42 Å². The van der Waals surface area contributed by atoms with E-state index in [-0.39, 0.29) is 6.04 Å². The SMILES string of the molecule is C=CCN(C(C)C)S(=O)(=O)c1c(C)csc1CNC1CC1. The number of rotatable bonds is 8. The first-order valence-electron chi connectivity index (χ1n) is 7.31. The van der Waals surface area contributed by atoms with Gasteiger partial charge in [0.1, 0.15) is 4.90 Å². The van der Waals surface area contributed by atoms with Crippen molar-refractivity contribution in [3.05, 3.63) is 28.5 Å². The molecule has 1 fully saturated rings. The van der Waals surface area contributed by atoms with E-state index in [1.165, 1.54) is 28.5 Å². The van der Waals surface area contributed by atoms with Gasteiger partial charge >= 0.3 is 0 Å². The van der Waals surface area contributed by atoms with Gasteiger partial charge in [0.15, 0.2) is 0 Å². The van der Waals surface area contributed by atoms with Gasteiger partial charge in [-0.15, -0.1) is 17.9 Å². The Labute approximate surface area is 131 Å². The van der Waals surface area contributed by atoms with Gasteiger partial charge in [0.2, 0.25) is 10.0 Å². The van der Waals surface area contributed by atoms with Crippen molar-refractivity contribution in [1.29, 1.82) is 0 Å². The summed E-state index contributed by atoms with van der Waals surface area (Å²) >= 11 is 1.53. The molecule has 1 heterocycles. The molecule has 2 rings (SSSR count). The molecule has 0 aromatic carbocycles. The summed E-state index contributed by atoms with van der Waals surface area (Å²) in [6.45, 7) is 10.3. The van der Waals surface area contributed by atoms with Crippen LogP contribution in [0.25, 0.3) is 0 Å². The van der Waals surface area contributed by atoms with Gasteiger partial charge in [-0.25, -0.2) is 8.42 Å². The Morgan fingerprint density at radius 1 is 1.52 bits per heavy atom. The summed E-state index contributed by atoms with van der Waals surface area (Å²) in [5.41, 5.74) is 0.835. The molecule has 0 bridgehead atoms. The van der Waals surface area contributed by atoms with Gasteiger partial charge in [-0.2, -0.15) is 4.31 Å². The maximum absolute atomic E-state index is 13.0. The van der Waals surface area contributed by atoms with E-state index in [0.717, 1.165) is 10.4 Å². The molecule has 0 unspecified atom stereocenters. The highest BCUT2D eigenvalue weighted by Crippen LogP contribution is 2.31. The molecule has 1 aliphatic carbocycles. The first kappa shape index (κ1) is 16.7. The second-order valence-corrected chi connectivity index (χ2v) is 8.57. The highest BCUT2D eigenvalue weighted by Gasteiger charge is 2.31. The van der Waals surface area contributed by atoms with Crippen molar-refractivity contribution in [2.45, 2.75) is 57.1 Å². The molecule has 4 nitrogen and oxygen atoms in total. The number of hydrogen-bond donors (Lipinski definition) is 1. The minimum Gasteiger partial charge on any atom is -0.309 e. The average molecular weight is 329 g/mol. The highest BCUT2D eigenvalue weighted by molar-refractivity contribution is 7.89. The third-order valence-corrected chi connectivity index (χ3v) is 7.08. The van der Waals surface area contributed by atoms with Crippen LogP contribution in [0.2, 0.25) is 0 Å². The lowest BCUT2D eigenvalue weighted by atomic mass is 10.3. The van der Waals surface area contributed by atoms with Gasteiger partial charge in [0.05, 0.1) is 0 Å². The smallest absolute Gasteiger partial charge is 0.245 e. The Balaban J connectivity index is 2.32. The van der Waals surface area contributed by atoms with Gasteiger partial charge in [0, 0.05) is 30.1 Å². The van der Waals surface area contributed by atoms with Crippen LogP contribution in [0, 0.1) is 6.92 Å². The van der Waals surface area contributed by atoms with E-state index in [2.05, 4.69) is 11.9 Å². The Bertz CT molecular complexity index is 601. The second-order valence-electron chi connectivity index (χ2n) is 5.78. The Morgan fingerprint density at radius 2 is 2.19 bits per heavy atom. The molecule has 0 saturated heterocycles. The molecule has 21 heavy (non-hydrogen) atoms. The summed E-state index contributed by atoms with van der Waals surface area (Å²) in [6.07, 6.45) is 4.03. The molecule has 1 aromatic heterocycles. The minimum atomic E-state index is -3.48. The normalized spacial score (nSPS) is 15.9. The van der Waals surface area contributed by atoms with E-state index < -0.39 is 10.0 Å². The fraction of sp³-hybridized carbons (Fsp3) is 0.600. The minimum absolute atomic E-state index is 0.0865. The summed E-state index contributed by atoms with van der Waals surface area (Å²) < 4.78 is 27.5. The Hall–Kier alpha value is -0.690. The third kappa shape index (κ3) is 3.74. The van der Waals surface area contributed by atoms with Gasteiger partial charge in [-0.1, -0.05) is 6.08 Å². The van der Waals surface area contributed by atoms with E-state index in [0.29, 0.717) is 24.0 Å². The number of thiophene rings is 1. The van der Waals surface area contributed by atoms with Crippen LogP contribution in [0.15, 0.2) is 22.9 Å². The number of nitrogens with one attached hydrogen (secondary N) is 1. The standard InChI is InChI=1S/C15H24N2O2S2/c1-5-8-17(11(2)3)21(18,19)15-12(4)10-20-14(15)9-16-13-6-7-13/h5,10-11,13,16H,1,6-9H2,2-4H3. The van der Waals surface area contributed by atoms with Crippen molar-refractivity contribution >= 4 is 21.4 Å². The number of sulfonamides is 1. The maximum atomic E-state index is 13.0. The topological polar surface area (TPSA) is 49.4 Å². The summed E-state index contributed by atoms with van der Waals surface area (Å²) in [5, 5.41) is 5.34. The largest absolute Gasteiger partial charge is 0.309 e. The van der Waals surface area contributed by atoms with Gasteiger partial charge in [-0.3, -0.25) is 0 Å². The zero-order valence-corrected chi connectivity index (χ0v) is 14.6. The van der Waals surface area contributed by atoms with Crippen LogP contribution in [0.5, 0.6) is 0 Å². The summed E-state index contributed by atoms with van der Waals surface area (Å²) in [5.74, 6) is 0. The molecule has 0 radical (unpaired) electrons. The molecular weight excluding hydrogens is 304 g/mol. The van der Waals surface area contributed by atoms with Crippen molar-refractivity contribution in [2.75, 3.05) is 6.54 Å². The molecule has 1 aromatic rings. The predicted octanol–water partition coefficient (Wildman–Crippen LogP) is 2.89.